The maximum absolute atomic E-state index is 8.25. The van der Waals surface area contributed by atoms with Crippen molar-refractivity contribution < 1.29 is 45.0 Å². The molecule has 0 spiro atoms. The predicted octanol–water partition coefficient (Wildman–Crippen LogP) is -0.239. The maximum Gasteiger partial charge on any atom is 2.00 e. The molecule has 0 amide bonds. The predicted molar refractivity (Wildman–Crippen MR) is 10.4 cm³/mol. The van der Waals surface area contributed by atoms with Crippen LogP contribution in [0.3, 0.4) is 0 Å². The van der Waals surface area contributed by atoms with Crippen LogP contribution in [-0.2, 0) is 0 Å². The molecule has 0 bridgehead atoms. The summed E-state index contributed by atoms with van der Waals surface area (Å²) in [7, 11) is 0. The van der Waals surface area contributed by atoms with Gasteiger partial charge in [-0.15, -0.1) is 0 Å². The van der Waals surface area contributed by atoms with Crippen molar-refractivity contribution in [1.82, 2.24) is 0 Å². The van der Waals surface area contributed by atoms with E-state index >= 15 is 0 Å². The molecule has 0 atom stereocenters. The Morgan fingerprint density at radius 2 is 1.40 bits per heavy atom. The van der Waals surface area contributed by atoms with Crippen LogP contribution in [-0.4, -0.2) is 5.09 Å². The second-order valence-electron chi connectivity index (χ2n) is 0.224. The molecule has 0 aliphatic carbocycles. The Labute approximate surface area is 60.0 Å². The van der Waals surface area contributed by atoms with Gasteiger partial charge in [0, 0.05) is 0 Å². The van der Waals surface area contributed by atoms with Crippen molar-refractivity contribution in [2.45, 2.75) is 0 Å². The van der Waals surface area contributed by atoms with Crippen molar-refractivity contribution >= 4 is 0 Å². The number of hydrogen-bond acceptors (Lipinski definition) is 3. The minimum absolute atomic E-state index is 0. The number of hydrogen-bond donors (Lipinski definition) is 0. The molecule has 5 heavy (non-hydrogen) atoms. The average Bonchev–Trinajstić information content (AvgIpc) is 0.811. The summed E-state index contributed by atoms with van der Waals surface area (Å²) >= 11 is 0. The van der Waals surface area contributed by atoms with E-state index in [9.17, 15) is 0 Å². The average molecular weight is 294 g/mol. The Morgan fingerprint density at radius 1 is 1.40 bits per heavy atom. The van der Waals surface area contributed by atoms with Gasteiger partial charge in [0.2, 0.25) is 0 Å². The first-order valence-corrected chi connectivity index (χ1v) is 0.548. The van der Waals surface area contributed by atoms with E-state index in [0.717, 1.165) is 0 Å². The largest absolute Gasteiger partial charge is 2.00 e. The first kappa shape index (κ1) is 9.10. The smallest absolute Gasteiger partial charge is 0.356 e. The van der Waals surface area contributed by atoms with Crippen LogP contribution < -0.4 is 0 Å². The van der Waals surface area contributed by atoms with E-state index < -0.39 is 5.09 Å². The molecule has 0 saturated carbocycles. The van der Waals surface area contributed by atoms with Crippen molar-refractivity contribution in [2.24, 2.45) is 0 Å². The fourth-order valence-corrected chi connectivity index (χ4v) is 0. The van der Waals surface area contributed by atoms with Gasteiger partial charge in [-0.2, -0.15) is 0 Å². The van der Waals surface area contributed by atoms with Gasteiger partial charge in [-0.25, -0.2) is 0 Å². The van der Waals surface area contributed by atoms with Crippen LogP contribution in [0.2, 0.25) is 0 Å². The van der Waals surface area contributed by atoms with E-state index in [0.29, 0.717) is 0 Å². The standard InChI is InChI=1S/NO3.Th/c2-1(3)4;/q-1;+2. The Balaban J connectivity index is 0. The maximum atomic E-state index is 8.25. The van der Waals surface area contributed by atoms with Crippen molar-refractivity contribution in [2.75, 3.05) is 0 Å². The molecule has 0 saturated heterocycles. The van der Waals surface area contributed by atoms with E-state index in [-0.39, 0.29) is 39.9 Å². The van der Waals surface area contributed by atoms with E-state index in [1.807, 2.05) is 0 Å². The van der Waals surface area contributed by atoms with Crippen molar-refractivity contribution in [3.05, 3.63) is 15.3 Å². The molecule has 4 nitrogen and oxygen atoms in total. The number of rotatable bonds is 0. The second-order valence-corrected chi connectivity index (χ2v) is 0.224. The van der Waals surface area contributed by atoms with Crippen LogP contribution in [0.5, 0.6) is 0 Å². The quantitative estimate of drug-likeness (QED) is 0.457. The summed E-state index contributed by atoms with van der Waals surface area (Å²) in [6.45, 7) is 0. The van der Waals surface area contributed by atoms with Crippen molar-refractivity contribution in [3.63, 3.8) is 0 Å². The summed E-state index contributed by atoms with van der Waals surface area (Å²) in [4.78, 5) is 8.25. The monoisotopic (exact) mass is 294 g/mol. The molecule has 0 unspecified atom stereocenters. The third-order valence-electron chi connectivity index (χ3n) is 0. The zero-order valence-corrected chi connectivity index (χ0v) is 6.28. The van der Waals surface area contributed by atoms with E-state index in [2.05, 4.69) is 0 Å². The molecular weight excluding hydrogens is 294 g/mol. The molecule has 26 valence electrons. The van der Waals surface area contributed by atoms with Crippen molar-refractivity contribution in [3.8, 4) is 0 Å². The van der Waals surface area contributed by atoms with Crippen LogP contribution in [0.25, 0.3) is 0 Å². The molecule has 0 aromatic rings. The zero-order chi connectivity index (χ0) is 3.58. The topological polar surface area (TPSA) is 66.2 Å². The summed E-state index contributed by atoms with van der Waals surface area (Å²) in [5.41, 5.74) is 0. The Kier molecular flexibility index (Phi) is 8.24. The molecule has 0 aliphatic heterocycles. The molecular formula is NO3Th+. The van der Waals surface area contributed by atoms with Crippen LogP contribution in [0, 0.1) is 55.3 Å². The minimum atomic E-state index is -1.75. The van der Waals surface area contributed by atoms with E-state index in [1.165, 1.54) is 0 Å². The van der Waals surface area contributed by atoms with Gasteiger partial charge in [0.25, 0.3) is 0 Å². The Bertz CT molecular complexity index is 29.9. The van der Waals surface area contributed by atoms with Crippen LogP contribution >= 0.6 is 0 Å². The van der Waals surface area contributed by atoms with E-state index in [1.54, 1.807) is 0 Å². The van der Waals surface area contributed by atoms with Gasteiger partial charge in [-0.3, -0.25) is 0 Å². The normalized spacial score (nSPS) is 4.80. The molecule has 0 aromatic carbocycles. The van der Waals surface area contributed by atoms with Gasteiger partial charge < -0.3 is 15.3 Å². The third kappa shape index (κ3) is 105. The van der Waals surface area contributed by atoms with Gasteiger partial charge in [0.15, 0.2) is 0 Å². The van der Waals surface area contributed by atoms with Crippen LogP contribution in [0.15, 0.2) is 0 Å². The van der Waals surface area contributed by atoms with Crippen LogP contribution in [0.4, 0.5) is 0 Å². The van der Waals surface area contributed by atoms with Crippen LogP contribution in [0.1, 0.15) is 0 Å². The zero-order valence-electron chi connectivity index (χ0n) is 2.17. The van der Waals surface area contributed by atoms with Gasteiger partial charge in [-0.1, -0.05) is 0 Å². The summed E-state index contributed by atoms with van der Waals surface area (Å²) in [6, 6.07) is 0. The molecule has 0 fully saturated rings. The van der Waals surface area contributed by atoms with Crippen molar-refractivity contribution in [1.29, 1.82) is 0 Å². The summed E-state index contributed by atoms with van der Waals surface area (Å²) in [5.74, 6) is 0. The Hall–Kier alpha value is 0.525. The molecule has 0 heterocycles. The first-order valence-electron chi connectivity index (χ1n) is 0.548. The molecule has 5 heteroatoms. The molecule has 0 aromatic heterocycles. The van der Waals surface area contributed by atoms with Gasteiger partial charge in [0.1, 0.15) is 0 Å². The molecule has 0 rings (SSSR count). The summed E-state index contributed by atoms with van der Waals surface area (Å²) in [6.07, 6.45) is 0. The summed E-state index contributed by atoms with van der Waals surface area (Å²) in [5, 5.41) is 14.8. The van der Waals surface area contributed by atoms with E-state index in [4.69, 9.17) is 15.3 Å². The fourth-order valence-electron chi connectivity index (χ4n) is 0. The van der Waals surface area contributed by atoms with Gasteiger partial charge >= 0.3 is 39.9 Å². The van der Waals surface area contributed by atoms with Gasteiger partial charge in [0.05, 0.1) is 5.09 Å². The summed E-state index contributed by atoms with van der Waals surface area (Å²) < 4.78 is 0. The fraction of sp³-hybridized carbons (Fsp3) is 0. The second kappa shape index (κ2) is 4.52. The minimum Gasteiger partial charge on any atom is -0.356 e. The molecule has 0 aliphatic rings. The Morgan fingerprint density at radius 3 is 1.40 bits per heavy atom. The third-order valence-corrected chi connectivity index (χ3v) is 0. The van der Waals surface area contributed by atoms with Gasteiger partial charge in [-0.05, 0) is 0 Å². The molecule has 0 radical (unpaired) electrons. The SMILES string of the molecule is O=[N+]([O-])[O-].[Th+2]. The molecule has 0 N–H and O–H groups in total. The number of nitrogens with zero attached hydrogens (tertiary/aromatic N) is 1. The first-order chi connectivity index (χ1) is 1.73.